The van der Waals surface area contributed by atoms with Crippen LogP contribution in [0.3, 0.4) is 0 Å². The van der Waals surface area contributed by atoms with Crippen LogP contribution in [0.1, 0.15) is 12.1 Å². The van der Waals surface area contributed by atoms with Gasteiger partial charge in [0.2, 0.25) is 0 Å². The molecule has 2 aliphatic heterocycles. The quantitative estimate of drug-likeness (QED) is 0.851. The van der Waals surface area contributed by atoms with E-state index in [1.807, 2.05) is 36.0 Å². The molecule has 0 bridgehead atoms. The van der Waals surface area contributed by atoms with Crippen molar-refractivity contribution in [1.29, 1.82) is 0 Å². The summed E-state index contributed by atoms with van der Waals surface area (Å²) in [5.74, 6) is 4.99. The fourth-order valence-electron chi connectivity index (χ4n) is 2.96. The molecule has 5 nitrogen and oxygen atoms in total. The van der Waals surface area contributed by atoms with Crippen molar-refractivity contribution in [2.75, 3.05) is 36.1 Å². The van der Waals surface area contributed by atoms with Gasteiger partial charge in [-0.2, -0.15) is 16.9 Å². The SMILES string of the molecule is c1ccc2c(c1)OC[C@H](CCc1ccc(N3CCSCC3)nn1)O2. The van der Waals surface area contributed by atoms with Crippen molar-refractivity contribution >= 4 is 17.6 Å². The van der Waals surface area contributed by atoms with E-state index in [9.17, 15) is 0 Å². The van der Waals surface area contributed by atoms with E-state index in [1.165, 1.54) is 11.5 Å². The summed E-state index contributed by atoms with van der Waals surface area (Å²) in [6.45, 7) is 2.71. The van der Waals surface area contributed by atoms with Crippen LogP contribution >= 0.6 is 11.8 Å². The first-order valence-electron chi connectivity index (χ1n) is 8.42. The van der Waals surface area contributed by atoms with Gasteiger partial charge in [0.15, 0.2) is 17.3 Å². The van der Waals surface area contributed by atoms with Crippen LogP contribution in [0.2, 0.25) is 0 Å². The lowest BCUT2D eigenvalue weighted by molar-refractivity contribution is 0.0849. The van der Waals surface area contributed by atoms with Gasteiger partial charge in [-0.05, 0) is 37.1 Å². The fraction of sp³-hybridized carbons (Fsp3) is 0.444. The minimum atomic E-state index is 0.0699. The Balaban J connectivity index is 1.31. The second-order valence-electron chi connectivity index (χ2n) is 6.02. The lowest BCUT2D eigenvalue weighted by Gasteiger charge is -2.27. The van der Waals surface area contributed by atoms with Gasteiger partial charge in [-0.15, -0.1) is 5.10 Å². The maximum Gasteiger partial charge on any atom is 0.161 e. The molecule has 1 saturated heterocycles. The first kappa shape index (κ1) is 15.6. The van der Waals surface area contributed by atoms with Gasteiger partial charge in [0.05, 0.1) is 5.69 Å². The molecule has 1 fully saturated rings. The Morgan fingerprint density at radius 1 is 1.04 bits per heavy atom. The van der Waals surface area contributed by atoms with Crippen molar-refractivity contribution in [2.24, 2.45) is 0 Å². The number of fused-ring (bicyclic) bond motifs is 1. The molecule has 2 aliphatic rings. The van der Waals surface area contributed by atoms with Crippen LogP contribution in [0.15, 0.2) is 36.4 Å². The molecule has 126 valence electrons. The first-order valence-corrected chi connectivity index (χ1v) is 9.58. The molecule has 3 heterocycles. The molecule has 0 unspecified atom stereocenters. The molecule has 0 N–H and O–H groups in total. The Morgan fingerprint density at radius 2 is 1.88 bits per heavy atom. The average Bonchev–Trinajstić information content (AvgIpc) is 2.67. The van der Waals surface area contributed by atoms with E-state index >= 15 is 0 Å². The van der Waals surface area contributed by atoms with Gasteiger partial charge in [-0.1, -0.05) is 12.1 Å². The monoisotopic (exact) mass is 343 g/mol. The maximum absolute atomic E-state index is 5.99. The Morgan fingerprint density at radius 3 is 2.67 bits per heavy atom. The zero-order valence-electron chi connectivity index (χ0n) is 13.6. The third kappa shape index (κ3) is 3.59. The Labute approximate surface area is 146 Å². The van der Waals surface area contributed by atoms with Gasteiger partial charge in [0, 0.05) is 24.6 Å². The van der Waals surface area contributed by atoms with Crippen molar-refractivity contribution in [3.05, 3.63) is 42.1 Å². The lowest BCUT2D eigenvalue weighted by atomic mass is 10.1. The highest BCUT2D eigenvalue weighted by molar-refractivity contribution is 7.99. The van der Waals surface area contributed by atoms with Gasteiger partial charge in [0.25, 0.3) is 0 Å². The molecule has 0 amide bonds. The van der Waals surface area contributed by atoms with Crippen molar-refractivity contribution in [3.63, 3.8) is 0 Å². The summed E-state index contributed by atoms with van der Waals surface area (Å²) in [6, 6.07) is 12.0. The van der Waals surface area contributed by atoms with Crippen molar-refractivity contribution < 1.29 is 9.47 Å². The molecule has 0 spiro atoms. The highest BCUT2D eigenvalue weighted by atomic mass is 32.2. The summed E-state index contributed by atoms with van der Waals surface area (Å²) in [6.07, 6.45) is 1.79. The molecule has 0 aliphatic carbocycles. The average molecular weight is 343 g/mol. The van der Waals surface area contributed by atoms with E-state index < -0.39 is 0 Å². The van der Waals surface area contributed by atoms with Crippen molar-refractivity contribution in [3.8, 4) is 11.5 Å². The van der Waals surface area contributed by atoms with E-state index in [-0.39, 0.29) is 6.10 Å². The third-order valence-corrected chi connectivity index (χ3v) is 5.27. The van der Waals surface area contributed by atoms with Crippen LogP contribution in [0, 0.1) is 0 Å². The van der Waals surface area contributed by atoms with Crippen LogP contribution in [0.5, 0.6) is 11.5 Å². The van der Waals surface area contributed by atoms with E-state index in [0.29, 0.717) is 6.61 Å². The number of thioether (sulfide) groups is 1. The number of benzene rings is 1. The van der Waals surface area contributed by atoms with Gasteiger partial charge >= 0.3 is 0 Å². The molecule has 4 rings (SSSR count). The number of aromatic nitrogens is 2. The van der Waals surface area contributed by atoms with E-state index in [1.54, 1.807) is 0 Å². The predicted molar refractivity (Wildman–Crippen MR) is 96.2 cm³/mol. The van der Waals surface area contributed by atoms with Crippen LogP contribution in [-0.4, -0.2) is 47.5 Å². The summed E-state index contributed by atoms with van der Waals surface area (Å²) in [5, 5.41) is 8.78. The first-order chi connectivity index (χ1) is 11.9. The zero-order valence-corrected chi connectivity index (χ0v) is 14.4. The van der Waals surface area contributed by atoms with Gasteiger partial charge in [0.1, 0.15) is 12.7 Å². The highest BCUT2D eigenvalue weighted by Crippen LogP contribution is 2.31. The van der Waals surface area contributed by atoms with Crippen LogP contribution in [0.4, 0.5) is 5.82 Å². The fourth-order valence-corrected chi connectivity index (χ4v) is 3.86. The van der Waals surface area contributed by atoms with Crippen LogP contribution in [-0.2, 0) is 6.42 Å². The standard InChI is InChI=1S/C18H21N3O2S/c1-2-4-17-16(3-1)22-13-15(23-17)7-5-14-6-8-18(20-19-14)21-9-11-24-12-10-21/h1-4,6,8,15H,5,7,9-13H2/t15-/m0/s1. The summed E-state index contributed by atoms with van der Waals surface area (Å²) in [5.41, 5.74) is 1.01. The van der Waals surface area contributed by atoms with Gasteiger partial charge in [-0.3, -0.25) is 0 Å². The normalized spacial score (nSPS) is 20.0. The minimum Gasteiger partial charge on any atom is -0.486 e. The topological polar surface area (TPSA) is 47.5 Å². The number of hydrogen-bond donors (Lipinski definition) is 0. The summed E-state index contributed by atoms with van der Waals surface area (Å²) < 4.78 is 11.7. The van der Waals surface area contributed by atoms with Crippen LogP contribution in [0.25, 0.3) is 0 Å². The summed E-state index contributed by atoms with van der Waals surface area (Å²) in [4.78, 5) is 2.31. The highest BCUT2D eigenvalue weighted by Gasteiger charge is 2.20. The molecule has 1 atom stereocenters. The van der Waals surface area contributed by atoms with E-state index in [0.717, 1.165) is 48.9 Å². The summed E-state index contributed by atoms with van der Waals surface area (Å²) in [7, 11) is 0. The Hall–Kier alpha value is -1.95. The number of ether oxygens (including phenoxy) is 2. The molecule has 0 saturated carbocycles. The van der Waals surface area contributed by atoms with Gasteiger partial charge < -0.3 is 14.4 Å². The van der Waals surface area contributed by atoms with E-state index in [4.69, 9.17) is 9.47 Å². The molecule has 0 radical (unpaired) electrons. The number of anilines is 1. The zero-order chi connectivity index (χ0) is 16.2. The van der Waals surface area contributed by atoms with Crippen molar-refractivity contribution in [2.45, 2.75) is 18.9 Å². The minimum absolute atomic E-state index is 0.0699. The Kier molecular flexibility index (Phi) is 4.74. The van der Waals surface area contributed by atoms with E-state index in [2.05, 4.69) is 27.2 Å². The molecule has 6 heteroatoms. The second kappa shape index (κ2) is 7.30. The molecular weight excluding hydrogens is 322 g/mol. The number of hydrogen-bond acceptors (Lipinski definition) is 6. The number of aryl methyl sites for hydroxylation is 1. The smallest absolute Gasteiger partial charge is 0.161 e. The number of para-hydroxylation sites is 2. The molecule has 2 aromatic rings. The number of nitrogens with zero attached hydrogens (tertiary/aromatic N) is 3. The van der Waals surface area contributed by atoms with Crippen LogP contribution < -0.4 is 14.4 Å². The molecule has 1 aromatic carbocycles. The molecular formula is C18H21N3O2S. The largest absolute Gasteiger partial charge is 0.486 e. The molecule has 24 heavy (non-hydrogen) atoms. The second-order valence-corrected chi connectivity index (χ2v) is 7.24. The lowest BCUT2D eigenvalue weighted by Crippen LogP contribution is -2.33. The third-order valence-electron chi connectivity index (χ3n) is 4.33. The predicted octanol–water partition coefficient (Wildman–Crippen LogP) is 2.80. The number of rotatable bonds is 4. The van der Waals surface area contributed by atoms with Gasteiger partial charge in [-0.25, -0.2) is 0 Å². The van der Waals surface area contributed by atoms with Crippen molar-refractivity contribution in [1.82, 2.24) is 10.2 Å². The maximum atomic E-state index is 5.99. The molecule has 1 aromatic heterocycles. The summed E-state index contributed by atoms with van der Waals surface area (Å²) >= 11 is 2.00. The Bertz CT molecular complexity index is 674.